The molecular formula is C19H20FNO6. The van der Waals surface area contributed by atoms with Gasteiger partial charge in [0.15, 0.2) is 6.17 Å². The van der Waals surface area contributed by atoms with Crippen molar-refractivity contribution in [2.24, 2.45) is 5.73 Å². The van der Waals surface area contributed by atoms with E-state index in [1.54, 1.807) is 42.5 Å². The van der Waals surface area contributed by atoms with Crippen LogP contribution in [0.15, 0.2) is 48.5 Å². The van der Waals surface area contributed by atoms with Gasteiger partial charge < -0.3 is 30.5 Å². The fraction of sp³-hybridized carbons (Fsp3) is 0.316. The highest BCUT2D eigenvalue weighted by atomic mass is 19.1. The van der Waals surface area contributed by atoms with E-state index in [2.05, 4.69) is 0 Å². The Morgan fingerprint density at radius 2 is 1.81 bits per heavy atom. The van der Waals surface area contributed by atoms with Crippen LogP contribution < -0.4 is 10.5 Å². The lowest BCUT2D eigenvalue weighted by Crippen LogP contribution is -2.58. The first kappa shape index (κ1) is 19.2. The molecule has 2 aromatic carbocycles. The van der Waals surface area contributed by atoms with Gasteiger partial charge in [-0.15, -0.1) is 0 Å². The zero-order chi connectivity index (χ0) is 19.6. The molecule has 0 saturated carbocycles. The van der Waals surface area contributed by atoms with Gasteiger partial charge in [-0.05, 0) is 35.4 Å². The van der Waals surface area contributed by atoms with Crippen LogP contribution in [0.1, 0.15) is 10.4 Å². The molecule has 1 heterocycles. The van der Waals surface area contributed by atoms with Gasteiger partial charge in [0.05, 0.1) is 6.61 Å². The summed E-state index contributed by atoms with van der Waals surface area (Å²) in [5, 5.41) is 28.5. The largest absolute Gasteiger partial charge is 0.462 e. The molecule has 2 aromatic rings. The average molecular weight is 377 g/mol. The molecule has 1 saturated heterocycles. The molecule has 1 fully saturated rings. The Balaban J connectivity index is 1.74. The van der Waals surface area contributed by atoms with Gasteiger partial charge >= 0.3 is 0 Å². The Kier molecular flexibility index (Phi) is 5.71. The van der Waals surface area contributed by atoms with Crippen molar-refractivity contribution in [2.75, 3.05) is 6.61 Å². The highest BCUT2D eigenvalue weighted by molar-refractivity contribution is 5.94. The van der Waals surface area contributed by atoms with Crippen LogP contribution in [0.2, 0.25) is 0 Å². The van der Waals surface area contributed by atoms with Crippen molar-refractivity contribution in [1.82, 2.24) is 0 Å². The van der Waals surface area contributed by atoms with Crippen molar-refractivity contribution < 1.29 is 34.0 Å². The number of aliphatic hydroxyl groups excluding tert-OH is 3. The van der Waals surface area contributed by atoms with Crippen molar-refractivity contribution >= 4 is 5.91 Å². The summed E-state index contributed by atoms with van der Waals surface area (Å²) >= 11 is 0. The molecule has 0 aliphatic carbocycles. The highest BCUT2D eigenvalue weighted by Gasteiger charge is 2.46. The number of primary amides is 1. The van der Waals surface area contributed by atoms with E-state index in [4.69, 9.17) is 20.3 Å². The number of ether oxygens (including phenoxy) is 2. The fourth-order valence-electron chi connectivity index (χ4n) is 2.85. The molecule has 5 N–H and O–H groups in total. The maximum atomic E-state index is 14.2. The van der Waals surface area contributed by atoms with Gasteiger partial charge in [0.2, 0.25) is 12.2 Å². The Morgan fingerprint density at radius 3 is 2.44 bits per heavy atom. The maximum Gasteiger partial charge on any atom is 0.248 e. The molecule has 27 heavy (non-hydrogen) atoms. The molecule has 3 rings (SSSR count). The van der Waals surface area contributed by atoms with E-state index in [-0.39, 0.29) is 5.75 Å². The molecule has 0 spiro atoms. The number of alkyl halides is 1. The molecule has 5 atom stereocenters. The monoisotopic (exact) mass is 377 g/mol. The molecule has 0 bridgehead atoms. The maximum absolute atomic E-state index is 14.2. The smallest absolute Gasteiger partial charge is 0.248 e. The molecule has 1 amide bonds. The predicted molar refractivity (Wildman–Crippen MR) is 93.7 cm³/mol. The van der Waals surface area contributed by atoms with Gasteiger partial charge in [0, 0.05) is 5.56 Å². The summed E-state index contributed by atoms with van der Waals surface area (Å²) in [7, 11) is 0. The van der Waals surface area contributed by atoms with Crippen molar-refractivity contribution in [3.05, 3.63) is 54.1 Å². The lowest BCUT2D eigenvalue weighted by molar-refractivity contribution is -0.261. The van der Waals surface area contributed by atoms with Crippen molar-refractivity contribution in [1.29, 1.82) is 0 Å². The number of amides is 1. The Labute approximate surface area is 154 Å². The number of rotatable bonds is 5. The van der Waals surface area contributed by atoms with Gasteiger partial charge in [0.25, 0.3) is 0 Å². The van der Waals surface area contributed by atoms with E-state index in [1.165, 1.54) is 0 Å². The van der Waals surface area contributed by atoms with Crippen LogP contribution in [-0.2, 0) is 4.74 Å². The molecule has 8 heteroatoms. The first-order chi connectivity index (χ1) is 12.9. The van der Waals surface area contributed by atoms with E-state index < -0.39 is 43.3 Å². The molecule has 1 aliphatic heterocycles. The summed E-state index contributed by atoms with van der Waals surface area (Å²) in [5.74, 6) is -0.253. The number of hydrogen-bond acceptors (Lipinski definition) is 6. The van der Waals surface area contributed by atoms with Crippen LogP contribution in [-0.4, -0.2) is 58.6 Å². The second-order valence-electron chi connectivity index (χ2n) is 6.24. The molecular weight excluding hydrogens is 357 g/mol. The Hall–Kier alpha value is -2.52. The van der Waals surface area contributed by atoms with E-state index >= 15 is 0 Å². The number of nitrogens with two attached hydrogens (primary N) is 1. The van der Waals surface area contributed by atoms with Crippen LogP contribution in [0.3, 0.4) is 0 Å². The summed E-state index contributed by atoms with van der Waals surface area (Å²) in [6, 6.07) is 13.4. The van der Waals surface area contributed by atoms with Gasteiger partial charge in [-0.1, -0.05) is 24.3 Å². The minimum Gasteiger partial charge on any atom is -0.462 e. The average Bonchev–Trinajstić information content (AvgIpc) is 2.69. The third-order valence-corrected chi connectivity index (χ3v) is 4.39. The molecule has 0 aromatic heterocycles. The molecule has 0 radical (unpaired) electrons. The SMILES string of the molecule is NC(=O)c1cccc(-c2ccc(O[C@H]3OC(CO)[C@@H](O)C(O)C3F)cc2)c1. The summed E-state index contributed by atoms with van der Waals surface area (Å²) in [5.41, 5.74) is 7.22. The second-order valence-corrected chi connectivity index (χ2v) is 6.24. The number of carbonyl (C=O) groups is 1. The van der Waals surface area contributed by atoms with E-state index in [0.717, 1.165) is 11.1 Å². The predicted octanol–water partition coefficient (Wildman–Crippen LogP) is 0.608. The van der Waals surface area contributed by atoms with Gasteiger partial charge in [-0.25, -0.2) is 4.39 Å². The van der Waals surface area contributed by atoms with Crippen molar-refractivity contribution in [3.63, 3.8) is 0 Å². The fourth-order valence-corrected chi connectivity index (χ4v) is 2.85. The van der Waals surface area contributed by atoms with Crippen LogP contribution in [0, 0.1) is 0 Å². The number of benzene rings is 2. The highest BCUT2D eigenvalue weighted by Crippen LogP contribution is 2.28. The zero-order valence-corrected chi connectivity index (χ0v) is 14.2. The van der Waals surface area contributed by atoms with Crippen molar-refractivity contribution in [3.8, 4) is 16.9 Å². The quantitative estimate of drug-likeness (QED) is 0.606. The summed E-state index contributed by atoms with van der Waals surface area (Å²) in [6.45, 7) is -0.583. The van der Waals surface area contributed by atoms with Crippen LogP contribution in [0.4, 0.5) is 4.39 Å². The molecule has 7 nitrogen and oxygen atoms in total. The first-order valence-corrected chi connectivity index (χ1v) is 8.34. The molecule has 144 valence electrons. The third-order valence-electron chi connectivity index (χ3n) is 4.39. The number of carbonyl (C=O) groups excluding carboxylic acids is 1. The standard InChI is InChI=1S/C19H20FNO6/c20-15-17(24)16(23)14(9-22)27-19(15)26-13-6-4-10(5-7-13)11-2-1-3-12(8-11)18(21)25/h1-8,14-17,19,22-24H,9H2,(H2,21,25)/t14?,15?,16-,17?,19+/m1/s1. The Bertz CT molecular complexity index is 797. The summed E-state index contributed by atoms with van der Waals surface area (Å²) in [4.78, 5) is 11.3. The Morgan fingerprint density at radius 1 is 1.11 bits per heavy atom. The first-order valence-electron chi connectivity index (χ1n) is 8.34. The van der Waals surface area contributed by atoms with Gasteiger partial charge in [0.1, 0.15) is 24.1 Å². The molecule has 1 aliphatic rings. The number of aliphatic hydroxyl groups is 3. The minimum atomic E-state index is -1.98. The van der Waals surface area contributed by atoms with Crippen LogP contribution >= 0.6 is 0 Å². The number of hydrogen-bond donors (Lipinski definition) is 4. The normalized spacial score (nSPS) is 27.9. The van der Waals surface area contributed by atoms with Crippen LogP contribution in [0.5, 0.6) is 5.75 Å². The van der Waals surface area contributed by atoms with Gasteiger partial charge in [-0.2, -0.15) is 0 Å². The minimum absolute atomic E-state index is 0.276. The molecule has 3 unspecified atom stereocenters. The van der Waals surface area contributed by atoms with E-state index in [9.17, 15) is 19.4 Å². The third kappa shape index (κ3) is 4.09. The lowest BCUT2D eigenvalue weighted by atomic mass is 10.0. The lowest BCUT2D eigenvalue weighted by Gasteiger charge is -2.38. The number of halogens is 1. The van der Waals surface area contributed by atoms with Crippen LogP contribution in [0.25, 0.3) is 11.1 Å². The van der Waals surface area contributed by atoms with Gasteiger partial charge in [-0.3, -0.25) is 4.79 Å². The van der Waals surface area contributed by atoms with E-state index in [1.807, 2.05) is 6.07 Å². The summed E-state index contributed by atoms with van der Waals surface area (Å²) < 4.78 is 24.8. The van der Waals surface area contributed by atoms with E-state index in [0.29, 0.717) is 5.56 Å². The van der Waals surface area contributed by atoms with Crippen molar-refractivity contribution in [2.45, 2.75) is 30.8 Å². The second kappa shape index (κ2) is 8.01. The summed E-state index contributed by atoms with van der Waals surface area (Å²) in [6.07, 6.45) is -7.85. The topological polar surface area (TPSA) is 122 Å². The zero-order valence-electron chi connectivity index (χ0n) is 14.2.